The number of aryl methyl sites for hydroxylation is 1. The van der Waals surface area contributed by atoms with Crippen molar-refractivity contribution < 1.29 is 14.3 Å². The number of aromatic nitrogens is 2. The van der Waals surface area contributed by atoms with Crippen LogP contribution in [0.15, 0.2) is 35.5 Å². The van der Waals surface area contributed by atoms with E-state index in [1.807, 2.05) is 43.0 Å². The highest BCUT2D eigenvalue weighted by atomic mass is 35.5. The second-order valence-electron chi connectivity index (χ2n) is 7.62. The van der Waals surface area contributed by atoms with E-state index < -0.39 is 0 Å². The molecular formula is C22H28ClN5O3S. The number of carbonyl (C=O) groups excluding carboxylic acids is 2. The van der Waals surface area contributed by atoms with Crippen molar-refractivity contribution in [2.24, 2.45) is 0 Å². The molecule has 1 saturated heterocycles. The minimum Gasteiger partial charge on any atom is -0.383 e. The molecular weight excluding hydrogens is 450 g/mol. The molecule has 32 heavy (non-hydrogen) atoms. The highest BCUT2D eigenvalue weighted by Crippen LogP contribution is 2.24. The number of methoxy groups -OCH3 is 1. The molecule has 2 aromatic rings. The van der Waals surface area contributed by atoms with Crippen LogP contribution in [0.5, 0.6) is 0 Å². The third-order valence-corrected chi connectivity index (χ3v) is 6.17. The Morgan fingerprint density at radius 2 is 2.00 bits per heavy atom. The largest absolute Gasteiger partial charge is 0.383 e. The number of rotatable bonds is 8. The zero-order chi connectivity index (χ0) is 23.1. The number of nitrogens with zero attached hydrogens (tertiary/aromatic N) is 4. The number of hydrogen-bond donors (Lipinski definition) is 1. The number of nitrogens with one attached hydrogen (secondary N) is 1. The first-order valence-electron chi connectivity index (χ1n) is 10.4. The van der Waals surface area contributed by atoms with Gasteiger partial charge in [-0.25, -0.2) is 9.97 Å². The maximum atomic E-state index is 12.9. The summed E-state index contributed by atoms with van der Waals surface area (Å²) in [5.41, 5.74) is 1.82. The second kappa shape index (κ2) is 11.5. The second-order valence-corrected chi connectivity index (χ2v) is 8.95. The highest BCUT2D eigenvalue weighted by molar-refractivity contribution is 7.99. The van der Waals surface area contributed by atoms with Gasteiger partial charge in [0, 0.05) is 51.0 Å². The van der Waals surface area contributed by atoms with Gasteiger partial charge in [-0.1, -0.05) is 41.1 Å². The van der Waals surface area contributed by atoms with E-state index in [1.54, 1.807) is 13.2 Å². The molecule has 0 spiro atoms. The molecule has 1 atom stereocenters. The molecule has 3 rings (SSSR count). The van der Waals surface area contributed by atoms with E-state index in [-0.39, 0.29) is 23.6 Å². The summed E-state index contributed by atoms with van der Waals surface area (Å²) < 4.78 is 4.92. The topological polar surface area (TPSA) is 87.7 Å². The molecule has 10 heteroatoms. The van der Waals surface area contributed by atoms with Gasteiger partial charge in [0.25, 0.3) is 5.91 Å². The summed E-state index contributed by atoms with van der Waals surface area (Å²) in [7, 11) is 1.58. The number of benzene rings is 1. The molecule has 1 aliphatic rings. The van der Waals surface area contributed by atoms with Crippen LogP contribution in [0.25, 0.3) is 0 Å². The minimum absolute atomic E-state index is 0.00830. The van der Waals surface area contributed by atoms with Gasteiger partial charge in [0.1, 0.15) is 11.0 Å². The molecule has 172 valence electrons. The maximum Gasteiger partial charge on any atom is 0.254 e. The van der Waals surface area contributed by atoms with Crippen LogP contribution in [-0.4, -0.2) is 78.4 Å². The molecule has 1 unspecified atom stereocenters. The maximum absolute atomic E-state index is 12.9. The quantitative estimate of drug-likeness (QED) is 0.270. The van der Waals surface area contributed by atoms with Crippen LogP contribution in [0.2, 0.25) is 5.15 Å². The number of ether oxygens (including phenoxy) is 1. The predicted octanol–water partition coefficient (Wildman–Crippen LogP) is 2.64. The third-order valence-electron chi connectivity index (χ3n) is 5.13. The molecule has 1 aromatic carbocycles. The Balaban J connectivity index is 1.61. The molecule has 1 fully saturated rings. The summed E-state index contributed by atoms with van der Waals surface area (Å²) in [6.45, 7) is 6.80. The van der Waals surface area contributed by atoms with Gasteiger partial charge in [-0.2, -0.15) is 0 Å². The fraction of sp³-hybridized carbons (Fsp3) is 0.455. The van der Waals surface area contributed by atoms with Crippen LogP contribution in [0.3, 0.4) is 0 Å². The Hall–Kier alpha value is -2.36. The highest BCUT2D eigenvalue weighted by Gasteiger charge is 2.29. The number of amides is 2. The lowest BCUT2D eigenvalue weighted by atomic mass is 10.1. The Morgan fingerprint density at radius 1 is 1.25 bits per heavy atom. The smallest absolute Gasteiger partial charge is 0.254 e. The van der Waals surface area contributed by atoms with Crippen LogP contribution in [0, 0.1) is 6.92 Å². The lowest BCUT2D eigenvalue weighted by molar-refractivity contribution is -0.118. The van der Waals surface area contributed by atoms with Gasteiger partial charge < -0.3 is 19.9 Å². The summed E-state index contributed by atoms with van der Waals surface area (Å²) in [4.78, 5) is 37.6. The molecule has 0 aliphatic carbocycles. The number of thioether (sulfide) groups is 1. The zero-order valence-electron chi connectivity index (χ0n) is 18.5. The van der Waals surface area contributed by atoms with Gasteiger partial charge in [-0.05, 0) is 26.0 Å². The van der Waals surface area contributed by atoms with Gasteiger partial charge in [0.2, 0.25) is 5.91 Å². The first-order chi connectivity index (χ1) is 15.4. The summed E-state index contributed by atoms with van der Waals surface area (Å²) in [6.07, 6.45) is 0. The summed E-state index contributed by atoms with van der Waals surface area (Å²) in [5, 5.41) is 3.53. The van der Waals surface area contributed by atoms with E-state index in [2.05, 4.69) is 20.2 Å². The number of halogens is 1. The first-order valence-corrected chi connectivity index (χ1v) is 11.8. The Morgan fingerprint density at radius 3 is 2.69 bits per heavy atom. The van der Waals surface area contributed by atoms with Gasteiger partial charge in [0.05, 0.1) is 12.4 Å². The van der Waals surface area contributed by atoms with Crippen molar-refractivity contribution in [2.45, 2.75) is 25.0 Å². The minimum atomic E-state index is -0.117. The summed E-state index contributed by atoms with van der Waals surface area (Å²) in [5.74, 6) is 0.808. The van der Waals surface area contributed by atoms with Crippen molar-refractivity contribution >= 4 is 41.0 Å². The number of hydrogen-bond acceptors (Lipinski definition) is 7. The average Bonchev–Trinajstić information content (AvgIpc) is 2.77. The van der Waals surface area contributed by atoms with Gasteiger partial charge in [-0.3, -0.25) is 9.59 Å². The standard InChI is InChI=1S/C22H28ClN5O3S/c1-15-4-6-17(7-5-15)21(30)28-10-9-27(13-16(28)2)19-12-18(23)25-22(26-19)32-14-20(29)24-8-11-31-3/h4-7,12,16H,8-11,13-14H2,1-3H3,(H,24,29). The van der Waals surface area contributed by atoms with Crippen LogP contribution >= 0.6 is 23.4 Å². The predicted molar refractivity (Wildman–Crippen MR) is 127 cm³/mol. The van der Waals surface area contributed by atoms with Crippen LogP contribution in [-0.2, 0) is 9.53 Å². The first kappa shape index (κ1) is 24.3. The Labute approximate surface area is 197 Å². The van der Waals surface area contributed by atoms with Crippen molar-refractivity contribution in [3.63, 3.8) is 0 Å². The van der Waals surface area contributed by atoms with Gasteiger partial charge in [0.15, 0.2) is 5.16 Å². The zero-order valence-corrected chi connectivity index (χ0v) is 20.1. The molecule has 2 heterocycles. The lowest BCUT2D eigenvalue weighted by Crippen LogP contribution is -2.54. The molecule has 1 N–H and O–H groups in total. The SMILES string of the molecule is COCCNC(=O)CSc1nc(Cl)cc(N2CCN(C(=O)c3ccc(C)cc3)C(C)C2)n1. The van der Waals surface area contributed by atoms with Crippen LogP contribution < -0.4 is 10.2 Å². The molecule has 1 aliphatic heterocycles. The van der Waals surface area contributed by atoms with Crippen LogP contribution in [0.4, 0.5) is 5.82 Å². The fourth-order valence-corrected chi connectivity index (χ4v) is 4.33. The van der Waals surface area contributed by atoms with E-state index in [9.17, 15) is 9.59 Å². The van der Waals surface area contributed by atoms with Gasteiger partial charge >= 0.3 is 0 Å². The van der Waals surface area contributed by atoms with E-state index >= 15 is 0 Å². The van der Waals surface area contributed by atoms with Crippen molar-refractivity contribution in [2.75, 3.05) is 50.5 Å². The molecule has 2 amide bonds. The normalized spacial score (nSPS) is 16.2. The van der Waals surface area contributed by atoms with E-state index in [0.29, 0.717) is 54.5 Å². The molecule has 0 bridgehead atoms. The third kappa shape index (κ3) is 6.57. The Bertz CT molecular complexity index is 944. The molecule has 1 aromatic heterocycles. The molecule has 0 saturated carbocycles. The van der Waals surface area contributed by atoms with Crippen molar-refractivity contribution in [1.82, 2.24) is 20.2 Å². The lowest BCUT2D eigenvalue weighted by Gasteiger charge is -2.40. The van der Waals surface area contributed by atoms with E-state index in [1.165, 1.54) is 11.8 Å². The van der Waals surface area contributed by atoms with Crippen molar-refractivity contribution in [1.29, 1.82) is 0 Å². The number of piperazine rings is 1. The van der Waals surface area contributed by atoms with Gasteiger partial charge in [-0.15, -0.1) is 0 Å². The van der Waals surface area contributed by atoms with Crippen molar-refractivity contribution in [3.8, 4) is 0 Å². The summed E-state index contributed by atoms with van der Waals surface area (Å²) >= 11 is 7.46. The summed E-state index contributed by atoms with van der Waals surface area (Å²) in [6, 6.07) is 9.37. The Kier molecular flexibility index (Phi) is 8.72. The fourth-order valence-electron chi connectivity index (χ4n) is 3.42. The van der Waals surface area contributed by atoms with Crippen molar-refractivity contribution in [3.05, 3.63) is 46.6 Å². The molecule has 8 nitrogen and oxygen atoms in total. The average molecular weight is 478 g/mol. The molecule has 0 radical (unpaired) electrons. The van der Waals surface area contributed by atoms with E-state index in [0.717, 1.165) is 5.56 Å². The number of anilines is 1. The monoisotopic (exact) mass is 477 g/mol. The van der Waals surface area contributed by atoms with E-state index in [4.69, 9.17) is 16.3 Å². The van der Waals surface area contributed by atoms with Crippen LogP contribution in [0.1, 0.15) is 22.8 Å². The number of carbonyl (C=O) groups is 2.